The lowest BCUT2D eigenvalue weighted by Gasteiger charge is -2.18. The summed E-state index contributed by atoms with van der Waals surface area (Å²) in [6.07, 6.45) is 1.54. The van der Waals surface area contributed by atoms with Gasteiger partial charge in [-0.15, -0.1) is 0 Å². The van der Waals surface area contributed by atoms with Crippen molar-refractivity contribution < 1.29 is 9.84 Å². The second-order valence-corrected chi connectivity index (χ2v) is 5.74. The quantitative estimate of drug-likeness (QED) is 0.867. The van der Waals surface area contributed by atoms with E-state index in [-0.39, 0.29) is 11.7 Å². The molecule has 2 heteroatoms. The minimum atomic E-state index is -0.367. The van der Waals surface area contributed by atoms with Gasteiger partial charge in [0.25, 0.3) is 0 Å². The molecule has 1 N–H and O–H groups in total. The van der Waals surface area contributed by atoms with Crippen LogP contribution in [0.15, 0.2) is 18.2 Å². The van der Waals surface area contributed by atoms with Crippen molar-refractivity contribution >= 4 is 0 Å². The second-order valence-electron chi connectivity index (χ2n) is 5.74. The van der Waals surface area contributed by atoms with Crippen LogP contribution >= 0.6 is 0 Å². The van der Waals surface area contributed by atoms with Gasteiger partial charge in [0.2, 0.25) is 0 Å². The molecule has 2 nitrogen and oxygen atoms in total. The molecule has 94 valence electrons. The van der Waals surface area contributed by atoms with Crippen LogP contribution in [0.25, 0.3) is 0 Å². The normalized spacial score (nSPS) is 20.5. The summed E-state index contributed by atoms with van der Waals surface area (Å²) < 4.78 is 5.83. The van der Waals surface area contributed by atoms with E-state index in [0.717, 1.165) is 24.2 Å². The van der Waals surface area contributed by atoms with Crippen molar-refractivity contribution in [2.24, 2.45) is 5.92 Å². The van der Waals surface area contributed by atoms with Gasteiger partial charge < -0.3 is 9.84 Å². The molecule has 1 aliphatic heterocycles. The van der Waals surface area contributed by atoms with E-state index in [1.54, 1.807) is 0 Å². The monoisotopic (exact) mass is 234 g/mol. The number of hydrogen-bond acceptors (Lipinski definition) is 2. The molecule has 0 spiro atoms. The highest BCUT2D eigenvalue weighted by atomic mass is 16.5. The second kappa shape index (κ2) is 4.34. The first-order chi connectivity index (χ1) is 7.93. The van der Waals surface area contributed by atoms with Crippen molar-refractivity contribution in [3.8, 4) is 5.75 Å². The predicted octanol–water partition coefficient (Wildman–Crippen LogP) is 3.48. The zero-order chi connectivity index (χ0) is 12.6. The Labute approximate surface area is 104 Å². The molecule has 0 aliphatic carbocycles. The summed E-state index contributed by atoms with van der Waals surface area (Å²) in [5, 5.41) is 10.2. The van der Waals surface area contributed by atoms with E-state index in [1.807, 2.05) is 12.1 Å². The summed E-state index contributed by atoms with van der Waals surface area (Å²) >= 11 is 0. The first kappa shape index (κ1) is 12.4. The minimum Gasteiger partial charge on any atom is -0.487 e. The van der Waals surface area contributed by atoms with Gasteiger partial charge in [-0.3, -0.25) is 0 Å². The van der Waals surface area contributed by atoms with Gasteiger partial charge in [-0.2, -0.15) is 0 Å². The molecule has 2 unspecified atom stereocenters. The Morgan fingerprint density at radius 3 is 2.76 bits per heavy atom. The van der Waals surface area contributed by atoms with Crippen molar-refractivity contribution in [2.45, 2.75) is 52.2 Å². The lowest BCUT2D eigenvalue weighted by atomic mass is 9.92. The molecule has 17 heavy (non-hydrogen) atoms. The molecule has 1 aliphatic rings. The van der Waals surface area contributed by atoms with Gasteiger partial charge in [-0.05, 0) is 43.0 Å². The average molecular weight is 234 g/mol. The summed E-state index contributed by atoms with van der Waals surface area (Å²) in [5.74, 6) is 1.26. The lowest BCUT2D eigenvalue weighted by Crippen LogP contribution is -2.24. The van der Waals surface area contributed by atoms with Crippen molar-refractivity contribution in [3.05, 3.63) is 29.3 Å². The average Bonchev–Trinajstić information content (AvgIpc) is 2.59. The molecule has 1 aromatic rings. The number of hydrogen-bond donors (Lipinski definition) is 1. The Balaban J connectivity index is 2.24. The Morgan fingerprint density at radius 2 is 2.12 bits per heavy atom. The summed E-state index contributed by atoms with van der Waals surface area (Å²) in [5.41, 5.74) is 2.12. The van der Waals surface area contributed by atoms with Gasteiger partial charge in [0.05, 0.1) is 6.10 Å². The number of rotatable bonds is 3. The topological polar surface area (TPSA) is 29.5 Å². The van der Waals surface area contributed by atoms with Crippen LogP contribution in [0.5, 0.6) is 5.75 Å². The van der Waals surface area contributed by atoms with Crippen LogP contribution in [0.1, 0.15) is 51.3 Å². The first-order valence-electron chi connectivity index (χ1n) is 6.43. The van der Waals surface area contributed by atoms with Crippen molar-refractivity contribution in [1.29, 1.82) is 0 Å². The highest BCUT2D eigenvalue weighted by Gasteiger charge is 2.30. The Bertz CT molecular complexity index is 409. The number of aliphatic hydroxyl groups is 1. The molecular weight excluding hydrogens is 212 g/mol. The standard InChI is InChI=1S/C15H22O2/c1-5-10(2)14(16)11-6-7-13-12(8-11)9-15(3,4)17-13/h6-8,10,14,16H,5,9H2,1-4H3. The molecule has 0 bridgehead atoms. The Morgan fingerprint density at radius 1 is 1.41 bits per heavy atom. The molecule has 0 amide bonds. The molecule has 1 heterocycles. The van der Waals surface area contributed by atoms with E-state index in [2.05, 4.69) is 33.8 Å². The molecule has 0 fully saturated rings. The van der Waals surface area contributed by atoms with Crippen LogP contribution in [-0.4, -0.2) is 10.7 Å². The molecule has 2 atom stereocenters. The largest absolute Gasteiger partial charge is 0.487 e. The molecular formula is C15H22O2. The van der Waals surface area contributed by atoms with E-state index < -0.39 is 0 Å². The van der Waals surface area contributed by atoms with Crippen LogP contribution in [0, 0.1) is 5.92 Å². The van der Waals surface area contributed by atoms with E-state index in [0.29, 0.717) is 5.92 Å². The van der Waals surface area contributed by atoms with Gasteiger partial charge in [-0.1, -0.05) is 26.3 Å². The zero-order valence-corrected chi connectivity index (χ0v) is 11.2. The molecule has 0 saturated heterocycles. The number of fused-ring (bicyclic) bond motifs is 1. The van der Waals surface area contributed by atoms with E-state index >= 15 is 0 Å². The van der Waals surface area contributed by atoms with Gasteiger partial charge in [0.1, 0.15) is 11.4 Å². The van der Waals surface area contributed by atoms with Gasteiger partial charge >= 0.3 is 0 Å². The molecule has 2 rings (SSSR count). The minimum absolute atomic E-state index is 0.109. The van der Waals surface area contributed by atoms with Crippen molar-refractivity contribution in [2.75, 3.05) is 0 Å². The summed E-state index contributed by atoms with van der Waals surface area (Å²) in [7, 11) is 0. The summed E-state index contributed by atoms with van der Waals surface area (Å²) in [6.45, 7) is 8.38. The van der Waals surface area contributed by atoms with Gasteiger partial charge in [0.15, 0.2) is 0 Å². The van der Waals surface area contributed by atoms with Crippen LogP contribution in [0.4, 0.5) is 0 Å². The van der Waals surface area contributed by atoms with Crippen molar-refractivity contribution in [1.82, 2.24) is 0 Å². The third-order valence-electron chi connectivity index (χ3n) is 3.61. The van der Waals surface area contributed by atoms with Crippen LogP contribution < -0.4 is 4.74 Å². The smallest absolute Gasteiger partial charge is 0.123 e. The third-order valence-corrected chi connectivity index (χ3v) is 3.61. The maximum Gasteiger partial charge on any atom is 0.123 e. The summed E-state index contributed by atoms with van der Waals surface area (Å²) in [4.78, 5) is 0. The number of benzene rings is 1. The SMILES string of the molecule is CCC(C)C(O)c1ccc2c(c1)CC(C)(C)O2. The third kappa shape index (κ3) is 2.47. The van der Waals surface area contributed by atoms with Crippen LogP contribution in [0.3, 0.4) is 0 Å². The fourth-order valence-corrected chi connectivity index (χ4v) is 2.37. The first-order valence-corrected chi connectivity index (χ1v) is 6.43. The van der Waals surface area contributed by atoms with E-state index in [1.165, 1.54) is 5.56 Å². The molecule has 1 aromatic carbocycles. The van der Waals surface area contributed by atoms with E-state index in [4.69, 9.17) is 4.74 Å². The Kier molecular flexibility index (Phi) is 3.17. The lowest BCUT2D eigenvalue weighted by molar-refractivity contribution is 0.115. The van der Waals surface area contributed by atoms with Gasteiger partial charge in [0, 0.05) is 6.42 Å². The zero-order valence-electron chi connectivity index (χ0n) is 11.2. The van der Waals surface area contributed by atoms with Gasteiger partial charge in [-0.25, -0.2) is 0 Å². The van der Waals surface area contributed by atoms with Crippen LogP contribution in [0.2, 0.25) is 0 Å². The maximum absolute atomic E-state index is 10.2. The Hall–Kier alpha value is -1.02. The molecule has 0 aromatic heterocycles. The fraction of sp³-hybridized carbons (Fsp3) is 0.600. The maximum atomic E-state index is 10.2. The van der Waals surface area contributed by atoms with E-state index in [9.17, 15) is 5.11 Å². The highest BCUT2D eigenvalue weighted by molar-refractivity contribution is 5.42. The highest BCUT2D eigenvalue weighted by Crippen LogP contribution is 2.37. The van der Waals surface area contributed by atoms with Crippen LogP contribution in [-0.2, 0) is 6.42 Å². The fourth-order valence-electron chi connectivity index (χ4n) is 2.37. The van der Waals surface area contributed by atoms with Crippen molar-refractivity contribution in [3.63, 3.8) is 0 Å². The summed E-state index contributed by atoms with van der Waals surface area (Å²) in [6, 6.07) is 6.07. The number of ether oxygens (including phenoxy) is 1. The molecule has 0 radical (unpaired) electrons. The number of aliphatic hydroxyl groups excluding tert-OH is 1. The predicted molar refractivity (Wildman–Crippen MR) is 69.3 cm³/mol. The molecule has 0 saturated carbocycles.